The average Bonchev–Trinajstić information content (AvgIpc) is 3.15. The maximum absolute atomic E-state index is 12.6. The normalized spacial score (nSPS) is 14.0. The fourth-order valence-corrected chi connectivity index (χ4v) is 4.65. The number of benzene rings is 3. The molecule has 2 N–H and O–H groups in total. The highest BCUT2D eigenvalue weighted by Crippen LogP contribution is 2.44. The van der Waals surface area contributed by atoms with Gasteiger partial charge < -0.3 is 19.9 Å². The number of nitrogens with one attached hydrogen (secondary N) is 1. The quantitative estimate of drug-likeness (QED) is 0.512. The smallest absolute Gasteiger partial charge is 0.407 e. The first-order valence-corrected chi connectivity index (χ1v) is 10.9. The highest BCUT2D eigenvalue weighted by Gasteiger charge is 2.34. The van der Waals surface area contributed by atoms with Crippen LogP contribution in [0.4, 0.5) is 4.79 Å². The second-order valence-electron chi connectivity index (χ2n) is 8.51. The minimum Gasteiger partial charge on any atom is -0.496 e. The number of carboxylic acid groups (broad SMARTS) is 1. The van der Waals surface area contributed by atoms with Gasteiger partial charge in [0.05, 0.1) is 13.5 Å². The first kappa shape index (κ1) is 22.4. The lowest BCUT2D eigenvalue weighted by Gasteiger charge is -2.30. The third kappa shape index (κ3) is 4.55. The Balaban J connectivity index is 1.46. The van der Waals surface area contributed by atoms with E-state index in [4.69, 9.17) is 9.47 Å². The van der Waals surface area contributed by atoms with E-state index in [1.54, 1.807) is 20.1 Å². The van der Waals surface area contributed by atoms with Crippen LogP contribution in [0.2, 0.25) is 0 Å². The van der Waals surface area contributed by atoms with E-state index in [9.17, 15) is 14.7 Å². The lowest BCUT2D eigenvalue weighted by molar-refractivity contribution is -0.138. The molecule has 0 saturated heterocycles. The summed E-state index contributed by atoms with van der Waals surface area (Å²) in [5, 5.41) is 12.3. The molecule has 0 spiro atoms. The van der Waals surface area contributed by atoms with Crippen LogP contribution in [-0.2, 0) is 14.9 Å². The SMILES string of the molecule is COc1ccccc1C(C)(CNC(=O)OCC1c2ccccc2-c2ccccc21)CC(=O)O. The molecule has 0 fully saturated rings. The van der Waals surface area contributed by atoms with Crippen molar-refractivity contribution in [1.82, 2.24) is 5.32 Å². The standard InChI is InChI=1S/C27H27NO5/c1-27(15-25(29)30,23-13-7-8-14-24(23)32-2)17-28-26(31)33-16-22-20-11-5-3-9-18(20)19-10-4-6-12-21(19)22/h3-14,22H,15-17H2,1-2H3,(H,28,31)(H,29,30). The van der Waals surface area contributed by atoms with E-state index >= 15 is 0 Å². The highest BCUT2D eigenvalue weighted by atomic mass is 16.5. The van der Waals surface area contributed by atoms with Crippen LogP contribution in [-0.4, -0.2) is 37.4 Å². The molecule has 6 heteroatoms. The Morgan fingerprint density at radius 3 is 2.12 bits per heavy atom. The van der Waals surface area contributed by atoms with Gasteiger partial charge in [-0.15, -0.1) is 0 Å². The van der Waals surface area contributed by atoms with Crippen molar-refractivity contribution in [2.75, 3.05) is 20.3 Å². The van der Waals surface area contributed by atoms with Crippen molar-refractivity contribution in [2.24, 2.45) is 0 Å². The number of aliphatic carboxylic acids is 1. The number of carbonyl (C=O) groups is 2. The number of alkyl carbamates (subject to hydrolysis) is 1. The molecule has 0 aliphatic heterocycles. The van der Waals surface area contributed by atoms with Crippen molar-refractivity contribution in [2.45, 2.75) is 24.7 Å². The number of methoxy groups -OCH3 is 1. The molecule has 6 nitrogen and oxygen atoms in total. The van der Waals surface area contributed by atoms with Gasteiger partial charge in [-0.05, 0) is 28.3 Å². The van der Waals surface area contributed by atoms with Crippen LogP contribution in [0.3, 0.4) is 0 Å². The lowest BCUT2D eigenvalue weighted by Crippen LogP contribution is -2.41. The van der Waals surface area contributed by atoms with Crippen LogP contribution in [0.15, 0.2) is 72.8 Å². The van der Waals surface area contributed by atoms with Crippen molar-refractivity contribution in [1.29, 1.82) is 0 Å². The number of rotatable bonds is 8. The fraction of sp³-hybridized carbons (Fsp3) is 0.259. The lowest BCUT2D eigenvalue weighted by atomic mass is 9.79. The Labute approximate surface area is 193 Å². The summed E-state index contributed by atoms with van der Waals surface area (Å²) in [7, 11) is 1.54. The fourth-order valence-electron chi connectivity index (χ4n) is 4.65. The van der Waals surface area contributed by atoms with Crippen molar-refractivity contribution < 1.29 is 24.2 Å². The zero-order valence-electron chi connectivity index (χ0n) is 18.7. The molecule has 1 atom stereocenters. The molecule has 0 radical (unpaired) electrons. The maximum Gasteiger partial charge on any atom is 0.407 e. The molecule has 33 heavy (non-hydrogen) atoms. The number of carboxylic acids is 1. The van der Waals surface area contributed by atoms with Gasteiger partial charge in [-0.1, -0.05) is 73.7 Å². The Hall–Kier alpha value is -3.80. The largest absolute Gasteiger partial charge is 0.496 e. The average molecular weight is 446 g/mol. The summed E-state index contributed by atoms with van der Waals surface area (Å²) < 4.78 is 11.0. The molecule has 3 aromatic rings. The number of ether oxygens (including phenoxy) is 2. The first-order chi connectivity index (χ1) is 15.9. The maximum atomic E-state index is 12.6. The Morgan fingerprint density at radius 1 is 0.939 bits per heavy atom. The highest BCUT2D eigenvalue weighted by molar-refractivity contribution is 5.79. The summed E-state index contributed by atoms with van der Waals surface area (Å²) in [5.74, 6) is -0.420. The summed E-state index contributed by atoms with van der Waals surface area (Å²) in [6.07, 6.45) is -0.750. The topological polar surface area (TPSA) is 84.9 Å². The van der Waals surface area contributed by atoms with Crippen molar-refractivity contribution in [3.8, 4) is 16.9 Å². The molecule has 0 saturated carbocycles. The molecule has 0 aromatic heterocycles. The zero-order chi connectivity index (χ0) is 23.4. The zero-order valence-corrected chi connectivity index (χ0v) is 18.7. The third-order valence-corrected chi connectivity index (χ3v) is 6.27. The molecule has 0 heterocycles. The number of fused-ring (bicyclic) bond motifs is 3. The van der Waals surface area contributed by atoms with Gasteiger partial charge in [-0.2, -0.15) is 0 Å². The van der Waals surface area contributed by atoms with Crippen LogP contribution in [0.1, 0.15) is 36.0 Å². The summed E-state index contributed by atoms with van der Waals surface area (Å²) >= 11 is 0. The van der Waals surface area contributed by atoms with Crippen LogP contribution in [0.25, 0.3) is 11.1 Å². The van der Waals surface area contributed by atoms with Crippen molar-refractivity contribution in [3.63, 3.8) is 0 Å². The third-order valence-electron chi connectivity index (χ3n) is 6.27. The number of para-hydroxylation sites is 1. The van der Waals surface area contributed by atoms with Crippen molar-refractivity contribution in [3.05, 3.63) is 89.5 Å². The number of amides is 1. The molecule has 1 unspecified atom stereocenters. The van der Waals surface area contributed by atoms with Gasteiger partial charge in [-0.3, -0.25) is 4.79 Å². The summed E-state index contributed by atoms with van der Waals surface area (Å²) in [6, 6.07) is 23.5. The molecule has 4 rings (SSSR count). The van der Waals surface area contributed by atoms with E-state index in [1.807, 2.05) is 42.5 Å². The summed E-state index contributed by atoms with van der Waals surface area (Å²) in [4.78, 5) is 24.2. The summed E-state index contributed by atoms with van der Waals surface area (Å²) in [6.45, 7) is 2.09. The van der Waals surface area contributed by atoms with Crippen LogP contribution >= 0.6 is 0 Å². The van der Waals surface area contributed by atoms with E-state index < -0.39 is 17.5 Å². The van der Waals surface area contributed by atoms with E-state index in [0.717, 1.165) is 22.3 Å². The Bertz CT molecular complexity index is 1130. The van der Waals surface area contributed by atoms with Crippen LogP contribution < -0.4 is 10.1 Å². The second kappa shape index (κ2) is 9.36. The van der Waals surface area contributed by atoms with E-state index in [2.05, 4.69) is 29.6 Å². The number of carbonyl (C=O) groups excluding carboxylic acids is 1. The minimum absolute atomic E-state index is 0.0391. The van der Waals surface area contributed by atoms with E-state index in [0.29, 0.717) is 11.3 Å². The van der Waals surface area contributed by atoms with E-state index in [1.165, 1.54) is 0 Å². The molecule has 1 aliphatic rings. The molecule has 3 aromatic carbocycles. The summed E-state index contributed by atoms with van der Waals surface area (Å²) in [5.41, 5.74) is 4.44. The van der Waals surface area contributed by atoms with Gasteiger partial charge in [0.15, 0.2) is 0 Å². The Kier molecular flexibility index (Phi) is 6.36. The predicted molar refractivity (Wildman–Crippen MR) is 126 cm³/mol. The molecular formula is C27H27NO5. The Morgan fingerprint density at radius 2 is 1.52 bits per heavy atom. The van der Waals surface area contributed by atoms with Crippen LogP contribution in [0.5, 0.6) is 5.75 Å². The predicted octanol–water partition coefficient (Wildman–Crippen LogP) is 4.97. The second-order valence-corrected chi connectivity index (χ2v) is 8.51. The molecule has 1 amide bonds. The van der Waals surface area contributed by atoms with E-state index in [-0.39, 0.29) is 25.5 Å². The van der Waals surface area contributed by atoms with Gasteiger partial charge in [0, 0.05) is 23.4 Å². The first-order valence-electron chi connectivity index (χ1n) is 10.9. The molecule has 0 bridgehead atoms. The van der Waals surface area contributed by atoms with Gasteiger partial charge in [0.2, 0.25) is 0 Å². The molecular weight excluding hydrogens is 418 g/mol. The monoisotopic (exact) mass is 445 g/mol. The van der Waals surface area contributed by atoms with Crippen LogP contribution in [0, 0.1) is 0 Å². The molecule has 170 valence electrons. The number of hydrogen-bond acceptors (Lipinski definition) is 4. The number of hydrogen-bond donors (Lipinski definition) is 2. The molecule has 1 aliphatic carbocycles. The van der Waals surface area contributed by atoms with Gasteiger partial charge in [0.25, 0.3) is 0 Å². The van der Waals surface area contributed by atoms with Crippen molar-refractivity contribution >= 4 is 12.1 Å². The van der Waals surface area contributed by atoms with Gasteiger partial charge >= 0.3 is 12.1 Å². The van der Waals surface area contributed by atoms with Gasteiger partial charge in [0.1, 0.15) is 12.4 Å². The minimum atomic E-state index is -0.960. The van der Waals surface area contributed by atoms with Gasteiger partial charge in [-0.25, -0.2) is 4.79 Å².